The van der Waals surface area contributed by atoms with Crippen LogP contribution in [0.1, 0.15) is 11.1 Å². The fourth-order valence-corrected chi connectivity index (χ4v) is 1.59. The molecule has 2 rings (SSSR count). The second-order valence-electron chi connectivity index (χ2n) is 3.29. The van der Waals surface area contributed by atoms with Gasteiger partial charge in [0.15, 0.2) is 0 Å². The van der Waals surface area contributed by atoms with Gasteiger partial charge in [0.1, 0.15) is 0 Å². The molecule has 0 saturated heterocycles. The highest BCUT2D eigenvalue weighted by molar-refractivity contribution is 5.70. The Kier molecular flexibility index (Phi) is 2.48. The average Bonchev–Trinajstić information content (AvgIpc) is 2.50. The fourth-order valence-electron chi connectivity index (χ4n) is 1.59. The van der Waals surface area contributed by atoms with Crippen molar-refractivity contribution in [3.8, 4) is 11.1 Å². The van der Waals surface area contributed by atoms with Crippen LogP contribution >= 0.6 is 0 Å². The Hall–Kier alpha value is -1.38. The number of aliphatic hydroxyl groups is 2. The van der Waals surface area contributed by atoms with E-state index in [0.29, 0.717) is 0 Å². The Morgan fingerprint density at radius 3 is 2.21 bits per heavy atom. The molecule has 0 unspecified atom stereocenters. The van der Waals surface area contributed by atoms with Crippen molar-refractivity contribution in [2.75, 3.05) is 0 Å². The maximum atomic E-state index is 9.08. The van der Waals surface area contributed by atoms with E-state index < -0.39 is 0 Å². The molecule has 2 heteroatoms. The predicted octanol–water partition coefficient (Wildman–Crippen LogP) is 1.78. The SMILES string of the molecule is OCc1ccc2ccc(CO)c-2cc1. The lowest BCUT2D eigenvalue weighted by molar-refractivity contribution is 0.282. The van der Waals surface area contributed by atoms with E-state index in [4.69, 9.17) is 10.2 Å². The first-order valence-corrected chi connectivity index (χ1v) is 4.57. The molecule has 72 valence electrons. The monoisotopic (exact) mass is 188 g/mol. The van der Waals surface area contributed by atoms with Gasteiger partial charge in [-0.2, -0.15) is 0 Å². The van der Waals surface area contributed by atoms with Crippen LogP contribution in [0.3, 0.4) is 0 Å². The van der Waals surface area contributed by atoms with Crippen LogP contribution in [0.2, 0.25) is 0 Å². The van der Waals surface area contributed by atoms with Gasteiger partial charge in [0.05, 0.1) is 13.2 Å². The van der Waals surface area contributed by atoms with Crippen molar-refractivity contribution in [1.29, 1.82) is 0 Å². The maximum absolute atomic E-state index is 9.08. The van der Waals surface area contributed by atoms with Crippen molar-refractivity contribution in [2.24, 2.45) is 0 Å². The highest BCUT2D eigenvalue weighted by atomic mass is 16.3. The molecule has 2 nitrogen and oxygen atoms in total. The highest BCUT2D eigenvalue weighted by Crippen LogP contribution is 2.27. The van der Waals surface area contributed by atoms with Crippen LogP contribution in [0.15, 0.2) is 36.4 Å². The molecule has 0 aromatic carbocycles. The van der Waals surface area contributed by atoms with Gasteiger partial charge in [-0.15, -0.1) is 0 Å². The maximum Gasteiger partial charge on any atom is 0.0687 e. The van der Waals surface area contributed by atoms with Crippen LogP contribution < -0.4 is 0 Å². The van der Waals surface area contributed by atoms with E-state index in [1.54, 1.807) is 0 Å². The molecule has 2 aliphatic rings. The summed E-state index contributed by atoms with van der Waals surface area (Å²) < 4.78 is 0. The molecule has 0 amide bonds. The average molecular weight is 188 g/mol. The number of aliphatic hydroxyl groups excluding tert-OH is 2. The Labute approximate surface area is 82.8 Å². The number of rotatable bonds is 2. The van der Waals surface area contributed by atoms with E-state index in [9.17, 15) is 0 Å². The first kappa shape index (κ1) is 9.19. The number of fused-ring (bicyclic) bond motifs is 1. The van der Waals surface area contributed by atoms with Gasteiger partial charge in [0.25, 0.3) is 0 Å². The first-order chi connectivity index (χ1) is 6.85. The summed E-state index contributed by atoms with van der Waals surface area (Å²) in [6.45, 7) is 0.105. The standard InChI is InChI=1S/C12H12O2/c13-7-9-1-3-10-4-5-11(8-14)12(10)6-2-9/h1-6,13-14H,7-8H2. The molecule has 14 heavy (non-hydrogen) atoms. The predicted molar refractivity (Wildman–Crippen MR) is 54.9 cm³/mol. The number of hydrogen-bond donors (Lipinski definition) is 2. The van der Waals surface area contributed by atoms with Crippen molar-refractivity contribution in [2.45, 2.75) is 13.2 Å². The summed E-state index contributed by atoms with van der Waals surface area (Å²) in [7, 11) is 0. The van der Waals surface area contributed by atoms with Crippen molar-refractivity contribution >= 4 is 0 Å². The van der Waals surface area contributed by atoms with Crippen LogP contribution in [-0.2, 0) is 13.2 Å². The van der Waals surface area contributed by atoms with E-state index in [1.165, 1.54) is 0 Å². The molecule has 0 saturated carbocycles. The first-order valence-electron chi connectivity index (χ1n) is 4.57. The topological polar surface area (TPSA) is 40.5 Å². The van der Waals surface area contributed by atoms with Gasteiger partial charge in [-0.05, 0) is 22.3 Å². The van der Waals surface area contributed by atoms with Crippen molar-refractivity contribution in [3.05, 3.63) is 47.5 Å². The molecule has 0 radical (unpaired) electrons. The van der Waals surface area contributed by atoms with Crippen molar-refractivity contribution in [1.82, 2.24) is 0 Å². The molecule has 0 aromatic heterocycles. The molecule has 0 aliphatic heterocycles. The van der Waals surface area contributed by atoms with Gasteiger partial charge in [-0.3, -0.25) is 0 Å². The van der Waals surface area contributed by atoms with E-state index >= 15 is 0 Å². The lowest BCUT2D eigenvalue weighted by Gasteiger charge is -1.95. The minimum Gasteiger partial charge on any atom is -0.392 e. The third kappa shape index (κ3) is 1.50. The zero-order valence-corrected chi connectivity index (χ0v) is 7.77. The Morgan fingerprint density at radius 2 is 1.50 bits per heavy atom. The highest BCUT2D eigenvalue weighted by Gasteiger charge is 2.06. The Bertz CT molecular complexity index is 409. The van der Waals surface area contributed by atoms with E-state index in [1.807, 2.05) is 36.4 Å². The Morgan fingerprint density at radius 1 is 0.786 bits per heavy atom. The van der Waals surface area contributed by atoms with Crippen LogP contribution in [0.5, 0.6) is 0 Å². The van der Waals surface area contributed by atoms with Gasteiger partial charge < -0.3 is 10.2 Å². The lowest BCUT2D eigenvalue weighted by Crippen LogP contribution is -1.79. The molecular formula is C12H12O2. The van der Waals surface area contributed by atoms with E-state index in [0.717, 1.165) is 22.3 Å². The Balaban J connectivity index is 2.57. The molecule has 0 atom stereocenters. The fraction of sp³-hybridized carbons (Fsp3) is 0.167. The summed E-state index contributed by atoms with van der Waals surface area (Å²) >= 11 is 0. The molecule has 0 spiro atoms. The third-order valence-electron chi connectivity index (χ3n) is 2.41. The second kappa shape index (κ2) is 3.78. The summed E-state index contributed by atoms with van der Waals surface area (Å²) in [5.41, 5.74) is 3.95. The summed E-state index contributed by atoms with van der Waals surface area (Å²) in [5, 5.41) is 18.1. The van der Waals surface area contributed by atoms with Crippen LogP contribution in [0.25, 0.3) is 11.1 Å². The second-order valence-corrected chi connectivity index (χ2v) is 3.29. The van der Waals surface area contributed by atoms with Crippen LogP contribution in [-0.4, -0.2) is 10.2 Å². The molecule has 0 bridgehead atoms. The smallest absolute Gasteiger partial charge is 0.0687 e. The van der Waals surface area contributed by atoms with Gasteiger partial charge in [0.2, 0.25) is 0 Å². The largest absolute Gasteiger partial charge is 0.392 e. The quantitative estimate of drug-likeness (QED) is 0.754. The van der Waals surface area contributed by atoms with Crippen LogP contribution in [0.4, 0.5) is 0 Å². The molecular weight excluding hydrogens is 176 g/mol. The molecule has 0 fully saturated rings. The van der Waals surface area contributed by atoms with Gasteiger partial charge >= 0.3 is 0 Å². The van der Waals surface area contributed by atoms with Gasteiger partial charge in [0, 0.05) is 0 Å². The van der Waals surface area contributed by atoms with E-state index in [-0.39, 0.29) is 13.2 Å². The summed E-state index contributed by atoms with van der Waals surface area (Å²) in [6, 6.07) is 11.6. The number of hydrogen-bond acceptors (Lipinski definition) is 2. The zero-order valence-electron chi connectivity index (χ0n) is 7.77. The molecule has 0 heterocycles. The lowest BCUT2D eigenvalue weighted by atomic mass is 10.1. The zero-order chi connectivity index (χ0) is 9.97. The van der Waals surface area contributed by atoms with E-state index in [2.05, 4.69) is 0 Å². The molecule has 2 aliphatic carbocycles. The van der Waals surface area contributed by atoms with Crippen LogP contribution in [0, 0.1) is 0 Å². The van der Waals surface area contributed by atoms with Gasteiger partial charge in [-0.25, -0.2) is 0 Å². The normalized spacial score (nSPS) is 10.7. The molecule has 2 N–H and O–H groups in total. The third-order valence-corrected chi connectivity index (χ3v) is 2.41. The summed E-state index contributed by atoms with van der Waals surface area (Å²) in [6.07, 6.45) is 0. The van der Waals surface area contributed by atoms with Crippen molar-refractivity contribution < 1.29 is 10.2 Å². The minimum absolute atomic E-state index is 0.0474. The molecule has 0 aromatic rings. The van der Waals surface area contributed by atoms with Crippen molar-refractivity contribution in [3.63, 3.8) is 0 Å². The minimum atomic E-state index is 0.0474. The summed E-state index contributed by atoms with van der Waals surface area (Å²) in [4.78, 5) is 0. The van der Waals surface area contributed by atoms with Gasteiger partial charge in [-0.1, -0.05) is 36.4 Å². The summed E-state index contributed by atoms with van der Waals surface area (Å²) in [5.74, 6) is 0.